The van der Waals surface area contributed by atoms with E-state index in [-0.39, 0.29) is 30.0 Å². The van der Waals surface area contributed by atoms with Crippen molar-refractivity contribution < 1.29 is 14.3 Å². The monoisotopic (exact) mass is 406 g/mol. The van der Waals surface area contributed by atoms with E-state index in [4.69, 9.17) is 21.1 Å². The first-order chi connectivity index (χ1) is 13.5. The normalized spacial score (nSPS) is 26.2. The van der Waals surface area contributed by atoms with Crippen LogP contribution in [0.25, 0.3) is 0 Å². The Hall–Kier alpha value is -2.23. The molecule has 28 heavy (non-hydrogen) atoms. The standard InChI is InChI=1S/C18H23ClN6O3/c1-3-12(26)4-10-8-27-16-14(9-28-15(10)16)23-17-13(19)6-20-18(24-17)22-11-5-21-25(2)7-11/h5-7,10,14-16H,3-4,8-9H2,1-2H3,(H2,20,22,23,24)/t10-,14+,15?,16?/m0/s1. The minimum absolute atomic E-state index is 0.0819. The van der Waals surface area contributed by atoms with Gasteiger partial charge in [0.15, 0.2) is 5.82 Å². The van der Waals surface area contributed by atoms with E-state index in [9.17, 15) is 4.79 Å². The summed E-state index contributed by atoms with van der Waals surface area (Å²) in [4.78, 5) is 20.5. The highest BCUT2D eigenvalue weighted by atomic mass is 35.5. The van der Waals surface area contributed by atoms with Crippen molar-refractivity contribution in [2.45, 2.75) is 38.0 Å². The summed E-state index contributed by atoms with van der Waals surface area (Å²) in [6.45, 7) is 2.88. The first kappa shape index (κ1) is 19.1. The molecule has 4 heterocycles. The Morgan fingerprint density at radius 2 is 2.14 bits per heavy atom. The highest BCUT2D eigenvalue weighted by Crippen LogP contribution is 2.35. The summed E-state index contributed by atoms with van der Waals surface area (Å²) >= 11 is 6.28. The van der Waals surface area contributed by atoms with Gasteiger partial charge < -0.3 is 20.1 Å². The van der Waals surface area contributed by atoms with Crippen LogP contribution in [-0.2, 0) is 21.3 Å². The fourth-order valence-corrected chi connectivity index (χ4v) is 3.78. The number of carbonyl (C=O) groups is 1. The van der Waals surface area contributed by atoms with E-state index in [2.05, 4.69) is 25.7 Å². The Morgan fingerprint density at radius 1 is 1.32 bits per heavy atom. The molecule has 4 atom stereocenters. The Balaban J connectivity index is 1.43. The van der Waals surface area contributed by atoms with E-state index in [1.165, 1.54) is 0 Å². The minimum Gasteiger partial charge on any atom is -0.373 e. The molecule has 2 aliphatic heterocycles. The lowest BCUT2D eigenvalue weighted by Gasteiger charge is -2.19. The molecular formula is C18H23ClN6O3. The Kier molecular flexibility index (Phi) is 5.47. The van der Waals surface area contributed by atoms with E-state index in [1.807, 2.05) is 20.2 Å². The van der Waals surface area contributed by atoms with Crippen molar-refractivity contribution in [1.82, 2.24) is 19.7 Å². The molecule has 2 aromatic rings. The molecule has 0 radical (unpaired) electrons. The number of halogens is 1. The summed E-state index contributed by atoms with van der Waals surface area (Å²) in [5, 5.41) is 10.9. The van der Waals surface area contributed by atoms with Crippen molar-refractivity contribution in [1.29, 1.82) is 0 Å². The van der Waals surface area contributed by atoms with Crippen LogP contribution in [0.15, 0.2) is 18.6 Å². The summed E-state index contributed by atoms with van der Waals surface area (Å²) in [5.41, 5.74) is 0.780. The van der Waals surface area contributed by atoms with E-state index in [0.29, 0.717) is 42.8 Å². The molecule has 0 saturated carbocycles. The molecule has 0 spiro atoms. The molecule has 10 heteroatoms. The van der Waals surface area contributed by atoms with Crippen LogP contribution in [0.3, 0.4) is 0 Å². The summed E-state index contributed by atoms with van der Waals surface area (Å²) < 4.78 is 13.6. The number of nitrogens with one attached hydrogen (secondary N) is 2. The summed E-state index contributed by atoms with van der Waals surface area (Å²) in [6, 6.07) is -0.0922. The topological polar surface area (TPSA) is 103 Å². The van der Waals surface area contributed by atoms with Crippen LogP contribution in [-0.4, -0.2) is 57.0 Å². The van der Waals surface area contributed by atoms with Crippen molar-refractivity contribution in [3.05, 3.63) is 23.6 Å². The van der Waals surface area contributed by atoms with Crippen LogP contribution in [0.4, 0.5) is 17.5 Å². The number of aryl methyl sites for hydroxylation is 1. The van der Waals surface area contributed by atoms with Gasteiger partial charge in [0.2, 0.25) is 5.95 Å². The van der Waals surface area contributed by atoms with Crippen molar-refractivity contribution in [3.63, 3.8) is 0 Å². The molecule has 2 fully saturated rings. The van der Waals surface area contributed by atoms with Gasteiger partial charge >= 0.3 is 0 Å². The number of hydrogen-bond acceptors (Lipinski definition) is 8. The number of hydrogen-bond donors (Lipinski definition) is 2. The number of ether oxygens (including phenoxy) is 2. The zero-order chi connectivity index (χ0) is 19.7. The molecule has 0 aromatic carbocycles. The second kappa shape index (κ2) is 8.02. The van der Waals surface area contributed by atoms with Gasteiger partial charge in [-0.15, -0.1) is 0 Å². The highest BCUT2D eigenvalue weighted by Gasteiger charge is 2.48. The third kappa shape index (κ3) is 3.96. The molecule has 4 rings (SSSR count). The number of fused-ring (bicyclic) bond motifs is 1. The third-order valence-electron chi connectivity index (χ3n) is 5.07. The Labute approximate surface area is 167 Å². The molecule has 2 N–H and O–H groups in total. The fourth-order valence-electron chi connectivity index (χ4n) is 3.63. The highest BCUT2D eigenvalue weighted by molar-refractivity contribution is 6.32. The molecule has 0 bridgehead atoms. The van der Waals surface area contributed by atoms with Crippen LogP contribution in [0.5, 0.6) is 0 Å². The van der Waals surface area contributed by atoms with Crippen LogP contribution < -0.4 is 10.6 Å². The number of ketones is 1. The first-order valence-corrected chi connectivity index (χ1v) is 9.71. The minimum atomic E-state index is -0.129. The zero-order valence-corrected chi connectivity index (χ0v) is 16.5. The quantitative estimate of drug-likeness (QED) is 0.721. The van der Waals surface area contributed by atoms with Gasteiger partial charge in [-0.1, -0.05) is 18.5 Å². The summed E-state index contributed by atoms with van der Waals surface area (Å²) in [6.07, 6.45) is 5.88. The molecule has 150 valence electrons. The average Bonchev–Trinajstić information content (AvgIpc) is 3.37. The lowest BCUT2D eigenvalue weighted by molar-refractivity contribution is -0.120. The van der Waals surface area contributed by atoms with Crippen LogP contribution in [0, 0.1) is 5.92 Å². The number of rotatable bonds is 7. The largest absolute Gasteiger partial charge is 0.373 e. The van der Waals surface area contributed by atoms with Crippen LogP contribution >= 0.6 is 11.6 Å². The van der Waals surface area contributed by atoms with E-state index < -0.39 is 0 Å². The second-order valence-electron chi connectivity index (χ2n) is 7.12. The molecule has 2 aromatic heterocycles. The van der Waals surface area contributed by atoms with Gasteiger partial charge in [0.25, 0.3) is 0 Å². The maximum absolute atomic E-state index is 11.8. The van der Waals surface area contributed by atoms with Crippen molar-refractivity contribution in [2.75, 3.05) is 23.8 Å². The van der Waals surface area contributed by atoms with E-state index >= 15 is 0 Å². The van der Waals surface area contributed by atoms with Crippen LogP contribution in [0.1, 0.15) is 19.8 Å². The van der Waals surface area contributed by atoms with Gasteiger partial charge in [0.1, 0.15) is 16.9 Å². The molecular weight excluding hydrogens is 384 g/mol. The summed E-state index contributed by atoms with van der Waals surface area (Å²) in [5.74, 6) is 1.26. The Morgan fingerprint density at radius 3 is 2.89 bits per heavy atom. The molecule has 0 aliphatic carbocycles. The van der Waals surface area contributed by atoms with Crippen molar-refractivity contribution in [2.24, 2.45) is 13.0 Å². The predicted octanol–water partition coefficient (Wildman–Crippen LogP) is 2.17. The summed E-state index contributed by atoms with van der Waals surface area (Å²) in [7, 11) is 1.83. The van der Waals surface area contributed by atoms with Crippen molar-refractivity contribution in [3.8, 4) is 0 Å². The van der Waals surface area contributed by atoms with Gasteiger partial charge in [-0.25, -0.2) is 4.98 Å². The predicted molar refractivity (Wildman–Crippen MR) is 104 cm³/mol. The van der Waals surface area contributed by atoms with Crippen molar-refractivity contribution >= 4 is 34.8 Å². The molecule has 0 amide bonds. The van der Waals surface area contributed by atoms with Gasteiger partial charge in [0, 0.05) is 32.0 Å². The van der Waals surface area contributed by atoms with Crippen LogP contribution in [0.2, 0.25) is 5.02 Å². The number of nitrogens with zero attached hydrogens (tertiary/aromatic N) is 4. The molecule has 2 unspecified atom stereocenters. The maximum atomic E-state index is 11.8. The fraction of sp³-hybridized carbons (Fsp3) is 0.556. The van der Waals surface area contributed by atoms with Gasteiger partial charge in [0.05, 0.1) is 43.4 Å². The Bertz CT molecular complexity index is 860. The molecule has 9 nitrogen and oxygen atoms in total. The van der Waals surface area contributed by atoms with E-state index in [1.54, 1.807) is 17.1 Å². The SMILES string of the molecule is CCC(=O)C[C@H]1COC2C1OC[C@H]2Nc1nc(Nc2cnn(C)c2)ncc1Cl. The lowest BCUT2D eigenvalue weighted by Crippen LogP contribution is -2.35. The van der Waals surface area contributed by atoms with Gasteiger partial charge in [-0.3, -0.25) is 9.48 Å². The first-order valence-electron chi connectivity index (χ1n) is 9.33. The zero-order valence-electron chi connectivity index (χ0n) is 15.8. The van der Waals surface area contributed by atoms with Gasteiger partial charge in [-0.2, -0.15) is 10.1 Å². The molecule has 2 saturated heterocycles. The number of Topliss-reactive ketones (excluding diaryl/α,β-unsaturated/α-hetero) is 1. The number of carbonyl (C=O) groups excluding carboxylic acids is 1. The van der Waals surface area contributed by atoms with E-state index in [0.717, 1.165) is 5.69 Å². The number of aromatic nitrogens is 4. The maximum Gasteiger partial charge on any atom is 0.229 e. The second-order valence-corrected chi connectivity index (χ2v) is 7.53. The lowest BCUT2D eigenvalue weighted by atomic mass is 9.94. The average molecular weight is 407 g/mol. The number of anilines is 3. The smallest absolute Gasteiger partial charge is 0.229 e. The third-order valence-corrected chi connectivity index (χ3v) is 5.34. The molecule has 2 aliphatic rings. The van der Waals surface area contributed by atoms with Gasteiger partial charge in [-0.05, 0) is 0 Å².